The Morgan fingerprint density at radius 1 is 0.519 bits per heavy atom. The molecule has 0 atom stereocenters. The first-order valence-electron chi connectivity index (χ1n) is 19.7. The molecule has 0 radical (unpaired) electrons. The van der Waals surface area contributed by atoms with Gasteiger partial charge in [0.25, 0.3) is 0 Å². The average Bonchev–Trinajstić information content (AvgIpc) is 3.10. The average molecular weight is 745 g/mol. The molecule has 0 heterocycles. The van der Waals surface area contributed by atoms with E-state index in [9.17, 15) is 35.1 Å². The van der Waals surface area contributed by atoms with E-state index in [-0.39, 0.29) is 5.92 Å². The highest BCUT2D eigenvalue weighted by Gasteiger charge is 2.35. The van der Waals surface area contributed by atoms with E-state index in [2.05, 4.69) is 23.3 Å². The molecule has 0 aliphatic heterocycles. The summed E-state index contributed by atoms with van der Waals surface area (Å²) >= 11 is 0. The predicted molar refractivity (Wildman–Crippen MR) is 187 cm³/mol. The van der Waals surface area contributed by atoms with Crippen molar-refractivity contribution in [1.29, 1.82) is 0 Å². The molecular formula is C42H56F8O2. The molecule has 0 N–H and O–H groups in total. The lowest BCUT2D eigenvalue weighted by molar-refractivity contribution is -0.276. The van der Waals surface area contributed by atoms with Crippen molar-refractivity contribution in [2.75, 3.05) is 0 Å². The van der Waals surface area contributed by atoms with Crippen LogP contribution in [-0.2, 0) is 6.42 Å². The Morgan fingerprint density at radius 3 is 1.35 bits per heavy atom. The summed E-state index contributed by atoms with van der Waals surface area (Å²) in [6.45, 7) is 4.69. The van der Waals surface area contributed by atoms with Crippen LogP contribution >= 0.6 is 0 Å². The van der Waals surface area contributed by atoms with Gasteiger partial charge in [0.1, 0.15) is 0 Å². The van der Waals surface area contributed by atoms with E-state index < -0.39 is 35.9 Å². The molecular weight excluding hydrogens is 688 g/mol. The fourth-order valence-electron chi connectivity index (χ4n) is 9.64. The Hall–Kier alpha value is -2.52. The number of benzene rings is 2. The first-order chi connectivity index (χ1) is 24.6. The van der Waals surface area contributed by atoms with Gasteiger partial charge in [-0.05, 0) is 160 Å². The van der Waals surface area contributed by atoms with Crippen molar-refractivity contribution in [2.45, 2.75) is 148 Å². The second-order valence-corrected chi connectivity index (χ2v) is 16.5. The van der Waals surface area contributed by atoms with Crippen LogP contribution in [0.1, 0.15) is 140 Å². The largest absolute Gasteiger partial charge is 0.573 e. The normalized spacial score (nSPS) is 30.2. The molecule has 2 nitrogen and oxygen atoms in total. The lowest BCUT2D eigenvalue weighted by atomic mass is 9.68. The molecule has 6 rings (SSSR count). The van der Waals surface area contributed by atoms with E-state index in [4.69, 9.17) is 0 Å². The number of hydrogen-bond acceptors (Lipinski definition) is 2. The highest BCUT2D eigenvalue weighted by Crippen LogP contribution is 2.45. The van der Waals surface area contributed by atoms with Gasteiger partial charge in [-0.1, -0.05) is 64.5 Å². The maximum Gasteiger partial charge on any atom is 0.573 e. The molecule has 4 saturated carbocycles. The summed E-state index contributed by atoms with van der Waals surface area (Å²) in [5, 5.41) is 0. The van der Waals surface area contributed by atoms with Crippen LogP contribution in [0, 0.1) is 53.1 Å². The Labute approximate surface area is 304 Å². The minimum atomic E-state index is -4.86. The Balaban J connectivity index is 0.000000202. The maximum absolute atomic E-state index is 13.9. The molecule has 0 saturated heterocycles. The van der Waals surface area contributed by atoms with E-state index in [0.717, 1.165) is 90.9 Å². The zero-order valence-corrected chi connectivity index (χ0v) is 30.7. The number of rotatable bonds is 8. The molecule has 52 heavy (non-hydrogen) atoms. The lowest BCUT2D eigenvalue weighted by Gasteiger charge is -2.37. The smallest absolute Gasteiger partial charge is 0.403 e. The van der Waals surface area contributed by atoms with Crippen molar-refractivity contribution in [2.24, 2.45) is 41.4 Å². The number of hydrogen-bond donors (Lipinski definition) is 0. The zero-order valence-electron chi connectivity index (χ0n) is 30.7. The van der Waals surface area contributed by atoms with Crippen LogP contribution in [0.25, 0.3) is 0 Å². The summed E-state index contributed by atoms with van der Waals surface area (Å²) in [4.78, 5) is 0. The van der Waals surface area contributed by atoms with Gasteiger partial charge in [-0.3, -0.25) is 0 Å². The molecule has 292 valence electrons. The van der Waals surface area contributed by atoms with Crippen LogP contribution in [-0.4, -0.2) is 12.7 Å². The van der Waals surface area contributed by atoms with E-state index in [1.54, 1.807) is 12.1 Å². The SMILES string of the molecule is CC1CCC(C2CCC(CCc3ccc(OC(F)(F)F)c(F)c3)CC2)CC1.CC1CCC(C2CCC(c3ccc(OC(F)(F)F)c(F)c3)CC2)CC1. The van der Waals surface area contributed by atoms with Crippen molar-refractivity contribution in [3.63, 3.8) is 0 Å². The van der Waals surface area contributed by atoms with Crippen LogP contribution in [0.4, 0.5) is 35.1 Å². The summed E-state index contributed by atoms with van der Waals surface area (Å²) in [7, 11) is 0. The van der Waals surface area contributed by atoms with E-state index in [1.165, 1.54) is 89.2 Å². The summed E-state index contributed by atoms with van der Waals surface area (Å²) in [5.74, 6) is 2.65. The van der Waals surface area contributed by atoms with Crippen molar-refractivity contribution in [1.82, 2.24) is 0 Å². The van der Waals surface area contributed by atoms with Gasteiger partial charge in [-0.25, -0.2) is 8.78 Å². The minimum Gasteiger partial charge on any atom is -0.403 e. The van der Waals surface area contributed by atoms with Crippen molar-refractivity contribution >= 4 is 0 Å². The molecule has 2 aromatic carbocycles. The molecule has 4 aliphatic rings. The highest BCUT2D eigenvalue weighted by atomic mass is 19.4. The first-order valence-corrected chi connectivity index (χ1v) is 19.7. The minimum absolute atomic E-state index is 0.244. The van der Waals surface area contributed by atoms with Crippen LogP contribution < -0.4 is 9.47 Å². The molecule has 4 aliphatic carbocycles. The van der Waals surface area contributed by atoms with Gasteiger partial charge in [-0.2, -0.15) is 0 Å². The molecule has 0 spiro atoms. The summed E-state index contributed by atoms with van der Waals surface area (Å²) in [6.07, 6.45) is 12.2. The molecule has 2 aromatic rings. The predicted octanol–water partition coefficient (Wildman–Crippen LogP) is 14.1. The van der Waals surface area contributed by atoms with Gasteiger partial charge in [-0.15, -0.1) is 26.3 Å². The fourth-order valence-corrected chi connectivity index (χ4v) is 9.64. The van der Waals surface area contributed by atoms with Gasteiger partial charge in [0.2, 0.25) is 0 Å². The third-order valence-electron chi connectivity index (χ3n) is 12.8. The third kappa shape index (κ3) is 12.5. The first kappa shape index (κ1) is 40.7. The number of aryl methyl sites for hydroxylation is 1. The van der Waals surface area contributed by atoms with Crippen molar-refractivity contribution in [3.05, 3.63) is 59.2 Å². The highest BCUT2D eigenvalue weighted by molar-refractivity contribution is 5.32. The zero-order chi connectivity index (χ0) is 37.5. The Bertz CT molecular complexity index is 1380. The second-order valence-electron chi connectivity index (χ2n) is 16.5. The number of alkyl halides is 6. The number of halogens is 8. The van der Waals surface area contributed by atoms with Gasteiger partial charge < -0.3 is 9.47 Å². The van der Waals surface area contributed by atoms with Gasteiger partial charge in [0.05, 0.1) is 0 Å². The quantitative estimate of drug-likeness (QED) is 0.251. The molecule has 0 unspecified atom stereocenters. The molecule has 0 aromatic heterocycles. The molecule has 4 fully saturated rings. The summed E-state index contributed by atoms with van der Waals surface area (Å²) < 4.78 is 108. The monoisotopic (exact) mass is 744 g/mol. The van der Waals surface area contributed by atoms with E-state index in [0.29, 0.717) is 12.3 Å². The Kier molecular flexibility index (Phi) is 14.2. The summed E-state index contributed by atoms with van der Waals surface area (Å²) in [6, 6.07) is 7.70. The van der Waals surface area contributed by atoms with Gasteiger partial charge in [0.15, 0.2) is 23.1 Å². The number of ether oxygens (including phenoxy) is 2. The fraction of sp³-hybridized carbons (Fsp3) is 0.714. The molecule has 10 heteroatoms. The van der Waals surface area contributed by atoms with Gasteiger partial charge >= 0.3 is 12.7 Å². The van der Waals surface area contributed by atoms with Crippen LogP contribution in [0.5, 0.6) is 11.5 Å². The Morgan fingerprint density at radius 2 is 0.923 bits per heavy atom. The maximum atomic E-state index is 13.9. The van der Waals surface area contributed by atoms with E-state index in [1.807, 2.05) is 0 Å². The lowest BCUT2D eigenvalue weighted by Crippen LogP contribution is -2.25. The second kappa shape index (κ2) is 18.2. The molecule has 0 amide bonds. The van der Waals surface area contributed by atoms with Crippen LogP contribution in [0.3, 0.4) is 0 Å². The van der Waals surface area contributed by atoms with Crippen molar-refractivity contribution in [3.8, 4) is 11.5 Å². The third-order valence-corrected chi connectivity index (χ3v) is 12.8. The molecule has 0 bridgehead atoms. The topological polar surface area (TPSA) is 18.5 Å². The van der Waals surface area contributed by atoms with Crippen LogP contribution in [0.2, 0.25) is 0 Å². The standard InChI is InChI=1S/C22H30F4O.C20H26F4O/c1-15-2-9-18(10-3-15)19-11-6-16(7-12-19)4-5-17-8-13-21(20(23)14-17)27-22(24,25)26;1-13-2-4-14(5-3-13)15-6-8-16(9-7-15)17-10-11-19(18(21)12-17)25-20(22,23)24/h8,13-16,18-19H,2-7,9-12H2,1H3;10-16H,2-9H2,1H3. The summed E-state index contributed by atoms with van der Waals surface area (Å²) in [5.41, 5.74) is 1.54. The van der Waals surface area contributed by atoms with Crippen LogP contribution in [0.15, 0.2) is 36.4 Å². The van der Waals surface area contributed by atoms with Crippen molar-refractivity contribution < 1.29 is 44.6 Å². The van der Waals surface area contributed by atoms with E-state index >= 15 is 0 Å². The van der Waals surface area contributed by atoms with Gasteiger partial charge in [0, 0.05) is 0 Å².